The van der Waals surface area contributed by atoms with Gasteiger partial charge in [-0.15, -0.1) is 0 Å². The molecule has 1 aromatic rings. The highest BCUT2D eigenvalue weighted by molar-refractivity contribution is 5.34. The highest BCUT2D eigenvalue weighted by Crippen LogP contribution is 2.36. The SMILES string of the molecule is CCCCCCCCCC(Cc1cc(C(F)(F)F)cc(C(F)(F)F)c1)OC(O)O. The van der Waals surface area contributed by atoms with Gasteiger partial charge in [0.1, 0.15) is 0 Å². The molecule has 0 aliphatic rings. The molecule has 3 nitrogen and oxygen atoms in total. The largest absolute Gasteiger partial charge is 0.416 e. The van der Waals surface area contributed by atoms with E-state index in [0.717, 1.165) is 38.5 Å². The van der Waals surface area contributed by atoms with Crippen molar-refractivity contribution in [3.63, 3.8) is 0 Å². The lowest BCUT2D eigenvalue weighted by atomic mass is 9.97. The van der Waals surface area contributed by atoms with E-state index in [2.05, 4.69) is 6.92 Å². The molecule has 0 saturated carbocycles. The van der Waals surface area contributed by atoms with Crippen LogP contribution in [0.2, 0.25) is 0 Å². The second-order valence-electron chi connectivity index (χ2n) is 7.11. The fourth-order valence-corrected chi connectivity index (χ4v) is 3.12. The molecule has 0 amide bonds. The lowest BCUT2D eigenvalue weighted by Crippen LogP contribution is -2.24. The average molecular weight is 430 g/mol. The Morgan fingerprint density at radius 3 is 1.72 bits per heavy atom. The standard InChI is InChI=1S/C20H28F6O3/c1-2-3-4-5-6-7-8-9-17(29-18(27)28)12-14-10-15(19(21,22)23)13-16(11-14)20(24,25)26/h10-11,13,17-18,27-28H,2-9,12H2,1H3. The van der Waals surface area contributed by atoms with Crippen LogP contribution < -0.4 is 0 Å². The van der Waals surface area contributed by atoms with Crippen molar-refractivity contribution >= 4 is 0 Å². The molecule has 0 fully saturated rings. The van der Waals surface area contributed by atoms with Crippen LogP contribution in [0.1, 0.15) is 75.0 Å². The summed E-state index contributed by atoms with van der Waals surface area (Å²) in [6.07, 6.45) is -3.96. The van der Waals surface area contributed by atoms with E-state index >= 15 is 0 Å². The number of aliphatic hydroxyl groups is 2. The Bertz CT molecular complexity index is 567. The van der Waals surface area contributed by atoms with Gasteiger partial charge in [0.15, 0.2) is 0 Å². The average Bonchev–Trinajstić information content (AvgIpc) is 2.58. The van der Waals surface area contributed by atoms with Crippen molar-refractivity contribution in [3.8, 4) is 0 Å². The van der Waals surface area contributed by atoms with E-state index in [0.29, 0.717) is 25.0 Å². The molecule has 1 rings (SSSR count). The highest BCUT2D eigenvalue weighted by Gasteiger charge is 2.37. The predicted molar refractivity (Wildman–Crippen MR) is 95.9 cm³/mol. The molecule has 0 aliphatic heterocycles. The van der Waals surface area contributed by atoms with Crippen LogP contribution in [-0.4, -0.2) is 22.8 Å². The Morgan fingerprint density at radius 1 is 0.793 bits per heavy atom. The number of aliphatic hydroxyl groups excluding tert-OH is 1. The predicted octanol–water partition coefficient (Wildman–Crippen LogP) is 6.06. The number of halogens is 6. The number of unbranched alkanes of at least 4 members (excludes halogenated alkanes) is 6. The third-order valence-corrected chi connectivity index (χ3v) is 4.55. The topological polar surface area (TPSA) is 49.7 Å². The maximum atomic E-state index is 13.0. The van der Waals surface area contributed by atoms with E-state index in [1.54, 1.807) is 0 Å². The first-order valence-corrected chi connectivity index (χ1v) is 9.73. The van der Waals surface area contributed by atoms with Crippen molar-refractivity contribution in [3.05, 3.63) is 34.9 Å². The Morgan fingerprint density at radius 2 is 1.28 bits per heavy atom. The maximum Gasteiger partial charge on any atom is 0.416 e. The van der Waals surface area contributed by atoms with E-state index in [4.69, 9.17) is 14.9 Å². The Kier molecular flexibility index (Phi) is 10.4. The van der Waals surface area contributed by atoms with Gasteiger partial charge in [0.25, 0.3) is 6.48 Å². The van der Waals surface area contributed by atoms with E-state index in [1.807, 2.05) is 0 Å². The molecule has 0 saturated heterocycles. The van der Waals surface area contributed by atoms with E-state index in [-0.39, 0.29) is 18.1 Å². The molecule has 9 heteroatoms. The molecule has 1 atom stereocenters. The highest BCUT2D eigenvalue weighted by atomic mass is 19.4. The van der Waals surface area contributed by atoms with Crippen LogP contribution in [0.25, 0.3) is 0 Å². The second-order valence-corrected chi connectivity index (χ2v) is 7.11. The monoisotopic (exact) mass is 430 g/mol. The van der Waals surface area contributed by atoms with E-state index in [9.17, 15) is 26.3 Å². The first-order valence-electron chi connectivity index (χ1n) is 9.73. The Balaban J connectivity index is 2.84. The fraction of sp³-hybridized carbons (Fsp3) is 0.700. The Labute approximate surface area is 166 Å². The summed E-state index contributed by atoms with van der Waals surface area (Å²) in [4.78, 5) is 0. The zero-order valence-electron chi connectivity index (χ0n) is 16.3. The lowest BCUT2D eigenvalue weighted by molar-refractivity contribution is -0.256. The molecule has 0 aromatic heterocycles. The zero-order valence-corrected chi connectivity index (χ0v) is 16.3. The zero-order chi connectivity index (χ0) is 22.1. The van der Waals surface area contributed by atoms with Gasteiger partial charge >= 0.3 is 12.4 Å². The molecule has 0 bridgehead atoms. The summed E-state index contributed by atoms with van der Waals surface area (Å²) < 4.78 is 82.8. The number of hydrogen-bond donors (Lipinski definition) is 2. The van der Waals surface area contributed by atoms with Crippen LogP contribution >= 0.6 is 0 Å². The van der Waals surface area contributed by atoms with Crippen molar-refractivity contribution in [1.82, 2.24) is 0 Å². The molecule has 0 heterocycles. The molecule has 2 N–H and O–H groups in total. The molecule has 29 heavy (non-hydrogen) atoms. The minimum atomic E-state index is -4.93. The number of rotatable bonds is 12. The normalized spacial score (nSPS) is 13.9. The van der Waals surface area contributed by atoms with Gasteiger partial charge in [0.05, 0.1) is 17.2 Å². The first kappa shape index (κ1) is 25.7. The molecular weight excluding hydrogens is 402 g/mol. The molecule has 0 radical (unpaired) electrons. The van der Waals surface area contributed by atoms with Crippen LogP contribution in [0.5, 0.6) is 0 Å². The van der Waals surface area contributed by atoms with Gasteiger partial charge in [-0.1, -0.05) is 51.9 Å². The van der Waals surface area contributed by atoms with Crippen molar-refractivity contribution in [2.45, 2.75) is 89.6 Å². The van der Waals surface area contributed by atoms with Crippen molar-refractivity contribution in [2.24, 2.45) is 0 Å². The minimum Gasteiger partial charge on any atom is -0.346 e. The van der Waals surface area contributed by atoms with Gasteiger partial charge in [-0.3, -0.25) is 0 Å². The van der Waals surface area contributed by atoms with Crippen LogP contribution in [0.15, 0.2) is 18.2 Å². The van der Waals surface area contributed by atoms with Gasteiger partial charge in [0, 0.05) is 0 Å². The summed E-state index contributed by atoms with van der Waals surface area (Å²) in [5.74, 6) is 0. The van der Waals surface area contributed by atoms with Gasteiger partial charge in [-0.25, -0.2) is 0 Å². The summed E-state index contributed by atoms with van der Waals surface area (Å²) in [7, 11) is 0. The van der Waals surface area contributed by atoms with Crippen molar-refractivity contribution in [1.29, 1.82) is 0 Å². The Hall–Kier alpha value is -1.32. The second kappa shape index (κ2) is 11.8. The van der Waals surface area contributed by atoms with Crippen LogP contribution in [0, 0.1) is 0 Å². The molecule has 168 valence electrons. The van der Waals surface area contributed by atoms with Gasteiger partial charge in [-0.2, -0.15) is 26.3 Å². The van der Waals surface area contributed by atoms with Crippen molar-refractivity contribution in [2.75, 3.05) is 0 Å². The van der Waals surface area contributed by atoms with E-state index in [1.165, 1.54) is 0 Å². The maximum absolute atomic E-state index is 13.0. The third-order valence-electron chi connectivity index (χ3n) is 4.55. The molecule has 0 spiro atoms. The van der Waals surface area contributed by atoms with Gasteiger partial charge < -0.3 is 14.9 Å². The van der Waals surface area contributed by atoms with E-state index < -0.39 is 36.1 Å². The van der Waals surface area contributed by atoms with Crippen LogP contribution in [0.3, 0.4) is 0 Å². The molecular formula is C20H28F6O3. The lowest BCUT2D eigenvalue weighted by Gasteiger charge is -2.21. The summed E-state index contributed by atoms with van der Waals surface area (Å²) in [6, 6.07) is 1.34. The summed E-state index contributed by atoms with van der Waals surface area (Å²) in [5.41, 5.74) is -3.02. The molecule has 1 aromatic carbocycles. The van der Waals surface area contributed by atoms with Gasteiger partial charge in [-0.05, 0) is 36.6 Å². The quantitative estimate of drug-likeness (QED) is 0.241. The molecule has 0 aliphatic carbocycles. The summed E-state index contributed by atoms with van der Waals surface area (Å²) in [6.45, 7) is -0.0578. The third kappa shape index (κ3) is 10.3. The van der Waals surface area contributed by atoms with Gasteiger partial charge in [0.2, 0.25) is 0 Å². The summed E-state index contributed by atoms with van der Waals surface area (Å²) in [5, 5.41) is 18.1. The van der Waals surface area contributed by atoms with Crippen LogP contribution in [-0.2, 0) is 23.5 Å². The minimum absolute atomic E-state index is 0.0660. The number of hydrogen-bond acceptors (Lipinski definition) is 3. The number of benzene rings is 1. The number of ether oxygens (including phenoxy) is 1. The summed E-state index contributed by atoms with van der Waals surface area (Å²) >= 11 is 0. The number of alkyl halides is 6. The smallest absolute Gasteiger partial charge is 0.346 e. The molecule has 1 unspecified atom stereocenters. The first-order chi connectivity index (χ1) is 13.4. The van der Waals surface area contributed by atoms with Crippen LogP contribution in [0.4, 0.5) is 26.3 Å². The fourth-order valence-electron chi connectivity index (χ4n) is 3.12. The van der Waals surface area contributed by atoms with Crippen molar-refractivity contribution < 1.29 is 41.3 Å².